The number of hydrogen-bond acceptors (Lipinski definition) is 6. The Labute approximate surface area is 159 Å². The molecule has 146 valence electrons. The van der Waals surface area contributed by atoms with Gasteiger partial charge in [0.25, 0.3) is 5.91 Å². The van der Waals surface area contributed by atoms with Gasteiger partial charge in [-0.1, -0.05) is 18.7 Å². The number of benzene rings is 1. The highest BCUT2D eigenvalue weighted by molar-refractivity contribution is 6.07. The van der Waals surface area contributed by atoms with E-state index >= 15 is 0 Å². The Balaban J connectivity index is 1.82. The van der Waals surface area contributed by atoms with Gasteiger partial charge in [-0.15, -0.1) is 0 Å². The Morgan fingerprint density at radius 1 is 1.15 bits per heavy atom. The van der Waals surface area contributed by atoms with Crippen LogP contribution < -0.4 is 16.4 Å². The van der Waals surface area contributed by atoms with E-state index in [9.17, 15) is 4.79 Å². The number of aryl methyl sites for hydroxylation is 1. The lowest BCUT2D eigenvalue weighted by atomic mass is 10.1. The van der Waals surface area contributed by atoms with Crippen LogP contribution in [0.3, 0.4) is 0 Å². The van der Waals surface area contributed by atoms with E-state index in [-0.39, 0.29) is 5.91 Å². The minimum absolute atomic E-state index is 0.238. The molecule has 0 aliphatic heterocycles. The third-order valence-electron chi connectivity index (χ3n) is 3.62. The standard InChI is InChI=1S/C19H27N5O3/c1-15(8-11-26-13-14-27-12-9-20)21-17-6-4-3-5-16(17)19(25)22-18-7-10-24(2)23-18/h3-7,10,21H,1,8-9,11-14,20H2,2H3,(H,22,23,25). The number of nitrogens with two attached hydrogens (primary N) is 1. The van der Waals surface area contributed by atoms with Gasteiger partial charge in [0.2, 0.25) is 0 Å². The normalized spacial score (nSPS) is 10.6. The van der Waals surface area contributed by atoms with E-state index in [1.165, 1.54) is 0 Å². The molecule has 8 heteroatoms. The van der Waals surface area contributed by atoms with E-state index in [2.05, 4.69) is 22.3 Å². The van der Waals surface area contributed by atoms with Crippen molar-refractivity contribution in [3.05, 3.63) is 54.4 Å². The number of hydrogen-bond donors (Lipinski definition) is 3. The second kappa shape index (κ2) is 11.1. The number of para-hydroxylation sites is 1. The van der Waals surface area contributed by atoms with Crippen LogP contribution >= 0.6 is 0 Å². The monoisotopic (exact) mass is 373 g/mol. The number of carbonyl (C=O) groups excluding carboxylic acids is 1. The number of nitrogens with one attached hydrogen (secondary N) is 2. The van der Waals surface area contributed by atoms with Gasteiger partial charge in [0.05, 0.1) is 37.7 Å². The predicted molar refractivity (Wildman–Crippen MR) is 106 cm³/mol. The molecule has 4 N–H and O–H groups in total. The van der Waals surface area contributed by atoms with E-state index in [0.29, 0.717) is 56.5 Å². The molecule has 27 heavy (non-hydrogen) atoms. The van der Waals surface area contributed by atoms with Crippen molar-refractivity contribution in [3.8, 4) is 0 Å². The summed E-state index contributed by atoms with van der Waals surface area (Å²) in [5.41, 5.74) is 7.30. The Kier molecular flexibility index (Phi) is 8.50. The zero-order chi connectivity index (χ0) is 19.5. The molecule has 0 aliphatic rings. The fourth-order valence-corrected chi connectivity index (χ4v) is 2.31. The predicted octanol–water partition coefficient (Wildman–Crippen LogP) is 1.98. The molecule has 1 amide bonds. The minimum atomic E-state index is -0.238. The maximum absolute atomic E-state index is 12.5. The van der Waals surface area contributed by atoms with Crippen LogP contribution in [0.4, 0.5) is 11.5 Å². The molecule has 2 rings (SSSR count). The minimum Gasteiger partial charge on any atom is -0.379 e. The first kappa shape index (κ1) is 20.6. The molecule has 2 aromatic rings. The lowest BCUT2D eigenvalue weighted by Gasteiger charge is -2.14. The second-order valence-electron chi connectivity index (χ2n) is 5.87. The van der Waals surface area contributed by atoms with E-state index in [1.54, 1.807) is 30.1 Å². The van der Waals surface area contributed by atoms with Crippen molar-refractivity contribution in [2.24, 2.45) is 12.8 Å². The van der Waals surface area contributed by atoms with Gasteiger partial charge in [-0.3, -0.25) is 9.48 Å². The van der Waals surface area contributed by atoms with E-state index in [1.807, 2.05) is 18.2 Å². The molecule has 1 aromatic carbocycles. The van der Waals surface area contributed by atoms with Gasteiger partial charge in [0.1, 0.15) is 0 Å². The molecule has 0 unspecified atom stereocenters. The van der Waals surface area contributed by atoms with Gasteiger partial charge in [-0.05, 0) is 12.1 Å². The average molecular weight is 373 g/mol. The first-order valence-electron chi connectivity index (χ1n) is 8.80. The number of carbonyl (C=O) groups is 1. The fraction of sp³-hybridized carbons (Fsp3) is 0.368. The Hall–Kier alpha value is -2.68. The van der Waals surface area contributed by atoms with Crippen LogP contribution in [0.25, 0.3) is 0 Å². The zero-order valence-electron chi connectivity index (χ0n) is 15.6. The number of rotatable bonds is 12. The summed E-state index contributed by atoms with van der Waals surface area (Å²) in [6, 6.07) is 8.99. The Morgan fingerprint density at radius 3 is 2.59 bits per heavy atom. The molecule has 0 fully saturated rings. The van der Waals surface area contributed by atoms with Crippen molar-refractivity contribution >= 4 is 17.4 Å². The number of nitrogens with zero attached hydrogens (tertiary/aromatic N) is 2. The van der Waals surface area contributed by atoms with Crippen LogP contribution in [0.5, 0.6) is 0 Å². The van der Waals surface area contributed by atoms with Crippen molar-refractivity contribution in [2.45, 2.75) is 6.42 Å². The largest absolute Gasteiger partial charge is 0.379 e. The smallest absolute Gasteiger partial charge is 0.258 e. The van der Waals surface area contributed by atoms with Crippen molar-refractivity contribution in [3.63, 3.8) is 0 Å². The van der Waals surface area contributed by atoms with E-state index in [0.717, 1.165) is 5.70 Å². The lowest BCUT2D eigenvalue weighted by Crippen LogP contribution is -2.15. The van der Waals surface area contributed by atoms with Crippen LogP contribution in [0.2, 0.25) is 0 Å². The zero-order valence-corrected chi connectivity index (χ0v) is 15.6. The highest BCUT2D eigenvalue weighted by Crippen LogP contribution is 2.19. The first-order chi connectivity index (χ1) is 13.1. The van der Waals surface area contributed by atoms with E-state index < -0.39 is 0 Å². The molecular weight excluding hydrogens is 346 g/mol. The van der Waals surface area contributed by atoms with Crippen LogP contribution in [0.15, 0.2) is 48.8 Å². The molecule has 0 atom stereocenters. The van der Waals surface area contributed by atoms with Crippen LogP contribution in [0, 0.1) is 0 Å². The highest BCUT2D eigenvalue weighted by Gasteiger charge is 2.12. The third-order valence-corrected chi connectivity index (χ3v) is 3.62. The number of amides is 1. The number of aromatic nitrogens is 2. The van der Waals surface area contributed by atoms with Gasteiger partial charge in [0, 0.05) is 38.0 Å². The van der Waals surface area contributed by atoms with Crippen LogP contribution in [-0.2, 0) is 16.5 Å². The maximum Gasteiger partial charge on any atom is 0.258 e. The third kappa shape index (κ3) is 7.22. The van der Waals surface area contributed by atoms with Gasteiger partial charge in [-0.2, -0.15) is 5.10 Å². The van der Waals surface area contributed by atoms with Crippen molar-refractivity contribution in [1.82, 2.24) is 9.78 Å². The maximum atomic E-state index is 12.5. The summed E-state index contributed by atoms with van der Waals surface area (Å²) in [4.78, 5) is 12.5. The molecule has 0 saturated heterocycles. The van der Waals surface area contributed by atoms with Gasteiger partial charge in [-0.25, -0.2) is 0 Å². The summed E-state index contributed by atoms with van der Waals surface area (Å²) in [7, 11) is 1.79. The highest BCUT2D eigenvalue weighted by atomic mass is 16.5. The molecule has 0 aliphatic carbocycles. The molecule has 1 heterocycles. The summed E-state index contributed by atoms with van der Waals surface area (Å²) in [5, 5.41) is 10.1. The first-order valence-corrected chi connectivity index (χ1v) is 8.80. The fourth-order valence-electron chi connectivity index (χ4n) is 2.31. The summed E-state index contributed by atoms with van der Waals surface area (Å²) < 4.78 is 12.4. The van der Waals surface area contributed by atoms with Crippen molar-refractivity contribution < 1.29 is 14.3 Å². The topological polar surface area (TPSA) is 103 Å². The Bertz CT molecular complexity index is 744. The quantitative estimate of drug-likeness (QED) is 0.492. The summed E-state index contributed by atoms with van der Waals surface area (Å²) >= 11 is 0. The van der Waals surface area contributed by atoms with Gasteiger partial charge < -0.3 is 25.8 Å². The molecule has 0 saturated carbocycles. The summed E-state index contributed by atoms with van der Waals surface area (Å²) in [5.74, 6) is 0.263. The molecule has 0 spiro atoms. The van der Waals surface area contributed by atoms with E-state index in [4.69, 9.17) is 15.2 Å². The molecule has 8 nitrogen and oxygen atoms in total. The molecule has 0 radical (unpaired) electrons. The number of ether oxygens (including phenoxy) is 2. The Morgan fingerprint density at radius 2 is 1.89 bits per heavy atom. The van der Waals surface area contributed by atoms with Crippen LogP contribution in [0.1, 0.15) is 16.8 Å². The summed E-state index contributed by atoms with van der Waals surface area (Å²) in [6.45, 7) is 6.59. The second-order valence-corrected chi connectivity index (χ2v) is 5.87. The average Bonchev–Trinajstić information content (AvgIpc) is 3.06. The van der Waals surface area contributed by atoms with Crippen molar-refractivity contribution in [1.29, 1.82) is 0 Å². The SMILES string of the molecule is C=C(CCOCCOCCN)Nc1ccccc1C(=O)Nc1ccn(C)n1. The van der Waals surface area contributed by atoms with Crippen molar-refractivity contribution in [2.75, 3.05) is 43.6 Å². The molecule has 1 aromatic heterocycles. The van der Waals surface area contributed by atoms with Gasteiger partial charge in [0.15, 0.2) is 5.82 Å². The van der Waals surface area contributed by atoms with Gasteiger partial charge >= 0.3 is 0 Å². The lowest BCUT2D eigenvalue weighted by molar-refractivity contribution is 0.0520. The molecular formula is C19H27N5O3. The van der Waals surface area contributed by atoms with Crippen LogP contribution in [-0.4, -0.2) is 48.7 Å². The summed E-state index contributed by atoms with van der Waals surface area (Å²) in [6.07, 6.45) is 2.38. The number of anilines is 2. The molecule has 0 bridgehead atoms.